The van der Waals surface area contributed by atoms with Crippen LogP contribution in [0.4, 0.5) is 30.2 Å². The van der Waals surface area contributed by atoms with Crippen LogP contribution in [0.1, 0.15) is 12.8 Å². The standard InChI is InChI=1S/C12H11F3N4O6/c1-25-11(20)5-4-10(12(13,14)15)17-16-8-3-2-7(18(21)22)6-9(8)19(23)24/h2-3,6,16H,4-5H2,1H3/b17-10-. The molecule has 0 radical (unpaired) electrons. The number of nitro benzene ring substituents is 2. The van der Waals surface area contributed by atoms with Crippen molar-refractivity contribution in [1.82, 2.24) is 0 Å². The molecule has 0 aliphatic rings. The van der Waals surface area contributed by atoms with E-state index >= 15 is 0 Å². The SMILES string of the molecule is COC(=O)CC/C(=N/Nc1ccc([N+](=O)[O-])cc1[N+](=O)[O-])C(F)(F)F. The van der Waals surface area contributed by atoms with Crippen molar-refractivity contribution >= 4 is 28.7 Å². The van der Waals surface area contributed by atoms with Crippen molar-refractivity contribution < 1.29 is 32.5 Å². The maximum absolute atomic E-state index is 12.9. The number of hydrogen-bond donors (Lipinski definition) is 1. The van der Waals surface area contributed by atoms with Crippen LogP contribution in [0.3, 0.4) is 0 Å². The van der Waals surface area contributed by atoms with Gasteiger partial charge in [-0.25, -0.2) is 0 Å². The Hall–Kier alpha value is -3.25. The topological polar surface area (TPSA) is 137 Å². The van der Waals surface area contributed by atoms with Crippen LogP contribution in [-0.2, 0) is 9.53 Å². The van der Waals surface area contributed by atoms with Crippen LogP contribution in [0.15, 0.2) is 23.3 Å². The van der Waals surface area contributed by atoms with Gasteiger partial charge < -0.3 is 4.74 Å². The number of nitrogens with zero attached hydrogens (tertiary/aromatic N) is 3. The summed E-state index contributed by atoms with van der Waals surface area (Å²) < 4.78 is 42.8. The van der Waals surface area contributed by atoms with E-state index in [1.807, 2.05) is 5.43 Å². The van der Waals surface area contributed by atoms with Gasteiger partial charge in [-0.3, -0.25) is 30.4 Å². The number of hydrogen-bond acceptors (Lipinski definition) is 8. The van der Waals surface area contributed by atoms with Crippen molar-refractivity contribution in [3.8, 4) is 0 Å². The van der Waals surface area contributed by atoms with Crippen molar-refractivity contribution in [2.24, 2.45) is 5.10 Å². The Bertz CT molecular complexity index is 719. The summed E-state index contributed by atoms with van der Waals surface area (Å²) in [7, 11) is 1.01. The summed E-state index contributed by atoms with van der Waals surface area (Å²) >= 11 is 0. The highest BCUT2D eigenvalue weighted by atomic mass is 19.4. The van der Waals surface area contributed by atoms with Crippen LogP contribution in [0.2, 0.25) is 0 Å². The number of benzene rings is 1. The molecule has 25 heavy (non-hydrogen) atoms. The number of carbonyl (C=O) groups excluding carboxylic acids is 1. The lowest BCUT2D eigenvalue weighted by atomic mass is 10.2. The summed E-state index contributed by atoms with van der Waals surface area (Å²) in [5, 5.41) is 24.6. The number of hydrazone groups is 1. The molecule has 0 unspecified atom stereocenters. The van der Waals surface area contributed by atoms with Crippen molar-refractivity contribution in [1.29, 1.82) is 0 Å². The lowest BCUT2D eigenvalue weighted by Gasteiger charge is -2.10. The minimum atomic E-state index is -4.89. The van der Waals surface area contributed by atoms with Gasteiger partial charge in [0.25, 0.3) is 5.69 Å². The number of ether oxygens (including phenoxy) is 1. The van der Waals surface area contributed by atoms with Gasteiger partial charge in [-0.2, -0.15) is 18.3 Å². The minimum absolute atomic E-state index is 0.476. The molecule has 0 fully saturated rings. The quantitative estimate of drug-likeness (QED) is 0.340. The molecule has 0 aliphatic carbocycles. The summed E-state index contributed by atoms with van der Waals surface area (Å²) in [6.45, 7) is 0. The number of nitrogens with one attached hydrogen (secondary N) is 1. The molecule has 1 aromatic carbocycles. The third-order valence-electron chi connectivity index (χ3n) is 2.82. The van der Waals surface area contributed by atoms with Gasteiger partial charge in [-0.05, 0) is 6.07 Å². The fraction of sp³-hybridized carbons (Fsp3) is 0.333. The number of nitro groups is 2. The van der Waals surface area contributed by atoms with Gasteiger partial charge in [0.2, 0.25) is 0 Å². The summed E-state index contributed by atoms with van der Waals surface area (Å²) in [5.41, 5.74) is -1.45. The van der Waals surface area contributed by atoms with Crippen LogP contribution in [0.5, 0.6) is 0 Å². The van der Waals surface area contributed by atoms with E-state index < -0.39 is 57.6 Å². The minimum Gasteiger partial charge on any atom is -0.469 e. The Kier molecular flexibility index (Phi) is 6.36. The van der Waals surface area contributed by atoms with Gasteiger partial charge >= 0.3 is 17.8 Å². The van der Waals surface area contributed by atoms with Crippen LogP contribution < -0.4 is 5.43 Å². The maximum atomic E-state index is 12.9. The van der Waals surface area contributed by atoms with Crippen LogP contribution in [0.25, 0.3) is 0 Å². The predicted molar refractivity (Wildman–Crippen MR) is 78.1 cm³/mol. The molecule has 0 spiro atoms. The van der Waals surface area contributed by atoms with Gasteiger partial charge in [0, 0.05) is 12.5 Å². The fourth-order valence-electron chi connectivity index (χ4n) is 1.59. The number of rotatable bonds is 7. The monoisotopic (exact) mass is 364 g/mol. The molecule has 10 nitrogen and oxygen atoms in total. The summed E-state index contributed by atoms with van der Waals surface area (Å²) in [4.78, 5) is 30.6. The van der Waals surface area contributed by atoms with Crippen molar-refractivity contribution in [2.75, 3.05) is 12.5 Å². The number of non-ortho nitro benzene ring substituents is 1. The summed E-state index contributed by atoms with van der Waals surface area (Å²) in [6.07, 6.45) is -6.31. The number of alkyl halides is 3. The lowest BCUT2D eigenvalue weighted by molar-refractivity contribution is -0.393. The molecular weight excluding hydrogens is 353 g/mol. The van der Waals surface area contributed by atoms with Crippen molar-refractivity contribution in [3.05, 3.63) is 38.4 Å². The third-order valence-corrected chi connectivity index (χ3v) is 2.82. The number of carbonyl (C=O) groups is 1. The number of halogens is 3. The Balaban J connectivity index is 3.11. The van der Waals surface area contributed by atoms with Crippen molar-refractivity contribution in [3.63, 3.8) is 0 Å². The van der Waals surface area contributed by atoms with Gasteiger partial charge in [-0.1, -0.05) is 0 Å². The third kappa shape index (κ3) is 5.71. The first-order valence-corrected chi connectivity index (χ1v) is 6.45. The number of anilines is 1. The van der Waals surface area contributed by atoms with E-state index in [0.29, 0.717) is 6.07 Å². The molecule has 0 heterocycles. The molecule has 0 amide bonds. The Labute approximate surface area is 137 Å². The lowest BCUT2D eigenvalue weighted by Crippen LogP contribution is -2.25. The highest BCUT2D eigenvalue weighted by Crippen LogP contribution is 2.29. The molecule has 1 N–H and O–H groups in total. The average Bonchev–Trinajstić information content (AvgIpc) is 2.52. The van der Waals surface area contributed by atoms with E-state index in [2.05, 4.69) is 9.84 Å². The summed E-state index contributed by atoms with van der Waals surface area (Å²) in [6, 6.07) is 2.31. The zero-order valence-electron chi connectivity index (χ0n) is 12.6. The molecule has 1 rings (SSSR count). The first-order valence-electron chi connectivity index (χ1n) is 6.45. The molecule has 13 heteroatoms. The van der Waals surface area contributed by atoms with E-state index in [1.165, 1.54) is 0 Å². The molecule has 0 aliphatic heterocycles. The molecular formula is C12H11F3N4O6. The van der Waals surface area contributed by atoms with Gasteiger partial charge in [0.15, 0.2) is 0 Å². The Morgan fingerprint density at radius 1 is 1.24 bits per heavy atom. The largest absolute Gasteiger partial charge is 0.469 e. The van der Waals surface area contributed by atoms with E-state index in [0.717, 1.165) is 19.2 Å². The van der Waals surface area contributed by atoms with Gasteiger partial charge in [0.1, 0.15) is 11.4 Å². The number of esters is 1. The van der Waals surface area contributed by atoms with Gasteiger partial charge in [-0.15, -0.1) is 0 Å². The second-order valence-electron chi connectivity index (χ2n) is 4.46. The normalized spacial score (nSPS) is 11.8. The first-order chi connectivity index (χ1) is 11.6. The molecule has 0 bridgehead atoms. The average molecular weight is 364 g/mol. The fourth-order valence-corrected chi connectivity index (χ4v) is 1.59. The molecule has 0 atom stereocenters. The Morgan fingerprint density at radius 2 is 1.88 bits per heavy atom. The second kappa shape index (κ2) is 8.03. The smallest absolute Gasteiger partial charge is 0.431 e. The van der Waals surface area contributed by atoms with Crippen molar-refractivity contribution in [2.45, 2.75) is 19.0 Å². The van der Waals surface area contributed by atoms with E-state index in [9.17, 15) is 38.2 Å². The van der Waals surface area contributed by atoms with Crippen LogP contribution in [-0.4, -0.2) is 34.8 Å². The van der Waals surface area contributed by atoms with E-state index in [1.54, 1.807) is 0 Å². The van der Waals surface area contributed by atoms with E-state index in [-0.39, 0.29) is 0 Å². The number of methoxy groups -OCH3 is 1. The molecule has 0 saturated carbocycles. The van der Waals surface area contributed by atoms with Gasteiger partial charge in [0.05, 0.1) is 29.4 Å². The zero-order valence-corrected chi connectivity index (χ0v) is 12.6. The Morgan fingerprint density at radius 3 is 2.36 bits per heavy atom. The summed E-state index contributed by atoms with van der Waals surface area (Å²) in [5.74, 6) is -0.890. The molecule has 136 valence electrons. The molecule has 0 saturated heterocycles. The highest BCUT2D eigenvalue weighted by Gasteiger charge is 2.36. The predicted octanol–water partition coefficient (Wildman–Crippen LogP) is 2.79. The zero-order chi connectivity index (χ0) is 19.2. The van der Waals surface area contributed by atoms with Crippen LogP contribution in [0, 0.1) is 20.2 Å². The highest BCUT2D eigenvalue weighted by molar-refractivity contribution is 5.92. The second-order valence-corrected chi connectivity index (χ2v) is 4.46. The first kappa shape index (κ1) is 19.8. The van der Waals surface area contributed by atoms with E-state index in [4.69, 9.17) is 0 Å². The van der Waals surface area contributed by atoms with Crippen LogP contribution >= 0.6 is 0 Å². The molecule has 1 aromatic rings. The molecule has 0 aromatic heterocycles. The maximum Gasteiger partial charge on any atom is 0.431 e.